The lowest BCUT2D eigenvalue weighted by atomic mass is 10.1. The molecule has 1 unspecified atom stereocenters. The third-order valence-corrected chi connectivity index (χ3v) is 3.61. The Balaban J connectivity index is 1.94. The van der Waals surface area contributed by atoms with Crippen LogP contribution in [-0.4, -0.2) is 22.7 Å². The van der Waals surface area contributed by atoms with Gasteiger partial charge >= 0.3 is 0 Å². The van der Waals surface area contributed by atoms with Crippen LogP contribution in [0.4, 0.5) is 0 Å². The molecule has 0 aromatic rings. The van der Waals surface area contributed by atoms with Crippen LogP contribution < -0.4 is 0 Å². The van der Waals surface area contributed by atoms with E-state index in [1.54, 1.807) is 0 Å². The van der Waals surface area contributed by atoms with Gasteiger partial charge in [-0.25, -0.2) is 0 Å². The van der Waals surface area contributed by atoms with Crippen LogP contribution in [0, 0.1) is 5.92 Å². The van der Waals surface area contributed by atoms with Gasteiger partial charge in [-0.05, 0) is 31.4 Å². The molecule has 0 saturated heterocycles. The van der Waals surface area contributed by atoms with Gasteiger partial charge in [-0.3, -0.25) is 0 Å². The molecular weight excluding hydrogens is 156 g/mol. The summed E-state index contributed by atoms with van der Waals surface area (Å²) in [5.74, 6) is 3.14. The highest BCUT2D eigenvalue weighted by Gasteiger charge is 2.14. The average molecular weight is 174 g/mol. The maximum Gasteiger partial charge on any atom is 0.0602 e. The van der Waals surface area contributed by atoms with Crippen molar-refractivity contribution in [3.05, 3.63) is 0 Å². The molecule has 0 aliphatic heterocycles. The number of hydrogen-bond donors (Lipinski definition) is 1. The molecule has 0 aromatic heterocycles. The minimum absolute atomic E-state index is 0.124. The van der Waals surface area contributed by atoms with Crippen molar-refractivity contribution in [1.29, 1.82) is 0 Å². The zero-order valence-corrected chi connectivity index (χ0v) is 8.07. The molecule has 1 atom stereocenters. The molecule has 0 aromatic carbocycles. The Morgan fingerprint density at radius 1 is 1.45 bits per heavy atom. The average Bonchev–Trinajstić information content (AvgIpc) is 2.39. The fourth-order valence-electron chi connectivity index (χ4n) is 1.58. The normalized spacial score (nSPS) is 22.4. The van der Waals surface area contributed by atoms with E-state index in [-0.39, 0.29) is 6.10 Å². The molecule has 0 heterocycles. The van der Waals surface area contributed by atoms with Gasteiger partial charge < -0.3 is 5.11 Å². The maximum atomic E-state index is 9.01. The summed E-state index contributed by atoms with van der Waals surface area (Å²) >= 11 is 1.91. The topological polar surface area (TPSA) is 20.2 Å². The Kier molecular flexibility index (Phi) is 4.31. The fourth-order valence-corrected chi connectivity index (χ4v) is 2.73. The van der Waals surface area contributed by atoms with Crippen molar-refractivity contribution in [3.8, 4) is 0 Å². The SMILES string of the molecule is CC(O)CSCC1CCCC1. The van der Waals surface area contributed by atoms with Crippen LogP contribution in [0.1, 0.15) is 32.6 Å². The first-order valence-electron chi connectivity index (χ1n) is 4.55. The molecule has 11 heavy (non-hydrogen) atoms. The quantitative estimate of drug-likeness (QED) is 0.705. The lowest BCUT2D eigenvalue weighted by Crippen LogP contribution is -2.06. The summed E-state index contributed by atoms with van der Waals surface area (Å²) in [6.45, 7) is 1.86. The summed E-state index contributed by atoms with van der Waals surface area (Å²) in [6.07, 6.45) is 5.58. The van der Waals surface area contributed by atoms with E-state index >= 15 is 0 Å². The second-order valence-electron chi connectivity index (χ2n) is 3.54. The summed E-state index contributed by atoms with van der Waals surface area (Å²) < 4.78 is 0. The summed E-state index contributed by atoms with van der Waals surface area (Å²) in [4.78, 5) is 0. The molecule has 1 aliphatic carbocycles. The minimum atomic E-state index is -0.124. The summed E-state index contributed by atoms with van der Waals surface area (Å²) in [5, 5.41) is 9.01. The third-order valence-electron chi connectivity index (χ3n) is 2.19. The van der Waals surface area contributed by atoms with Crippen LogP contribution in [0.2, 0.25) is 0 Å². The molecule has 1 saturated carbocycles. The molecule has 1 rings (SSSR count). The van der Waals surface area contributed by atoms with Gasteiger partial charge in [0.25, 0.3) is 0 Å². The van der Waals surface area contributed by atoms with E-state index < -0.39 is 0 Å². The molecule has 0 spiro atoms. The molecule has 0 radical (unpaired) electrons. The fraction of sp³-hybridized carbons (Fsp3) is 1.00. The van der Waals surface area contributed by atoms with Gasteiger partial charge in [0.05, 0.1) is 6.10 Å². The Morgan fingerprint density at radius 2 is 2.09 bits per heavy atom. The van der Waals surface area contributed by atoms with Crippen LogP contribution in [0.3, 0.4) is 0 Å². The Hall–Kier alpha value is 0.310. The highest BCUT2D eigenvalue weighted by molar-refractivity contribution is 7.99. The molecule has 0 amide bonds. The van der Waals surface area contributed by atoms with E-state index in [0.29, 0.717) is 0 Å². The molecule has 1 N–H and O–H groups in total. The summed E-state index contributed by atoms with van der Waals surface area (Å²) in [7, 11) is 0. The maximum absolute atomic E-state index is 9.01. The Labute approximate surface area is 73.6 Å². The first-order valence-corrected chi connectivity index (χ1v) is 5.70. The molecule has 0 bridgehead atoms. The summed E-state index contributed by atoms with van der Waals surface area (Å²) in [6, 6.07) is 0. The van der Waals surface area contributed by atoms with E-state index in [1.165, 1.54) is 31.4 Å². The van der Waals surface area contributed by atoms with E-state index in [4.69, 9.17) is 5.11 Å². The smallest absolute Gasteiger partial charge is 0.0602 e. The standard InChI is InChI=1S/C9H18OS/c1-8(10)6-11-7-9-4-2-3-5-9/h8-10H,2-7H2,1H3. The van der Waals surface area contributed by atoms with Crippen molar-refractivity contribution in [3.63, 3.8) is 0 Å². The number of thioether (sulfide) groups is 1. The van der Waals surface area contributed by atoms with Crippen LogP contribution in [0.25, 0.3) is 0 Å². The van der Waals surface area contributed by atoms with Crippen LogP contribution in [0.5, 0.6) is 0 Å². The van der Waals surface area contributed by atoms with Crippen molar-refractivity contribution >= 4 is 11.8 Å². The zero-order valence-electron chi connectivity index (χ0n) is 7.25. The number of aliphatic hydroxyl groups is 1. The molecule has 2 heteroatoms. The van der Waals surface area contributed by atoms with Gasteiger partial charge in [0.2, 0.25) is 0 Å². The van der Waals surface area contributed by atoms with Gasteiger partial charge in [0, 0.05) is 5.75 Å². The van der Waals surface area contributed by atoms with E-state index in [0.717, 1.165) is 11.7 Å². The summed E-state index contributed by atoms with van der Waals surface area (Å²) in [5.41, 5.74) is 0. The van der Waals surface area contributed by atoms with Crippen molar-refractivity contribution in [2.75, 3.05) is 11.5 Å². The second kappa shape index (κ2) is 5.04. The van der Waals surface area contributed by atoms with Gasteiger partial charge in [0.15, 0.2) is 0 Å². The van der Waals surface area contributed by atoms with E-state index in [9.17, 15) is 0 Å². The largest absolute Gasteiger partial charge is 0.393 e. The van der Waals surface area contributed by atoms with Gasteiger partial charge in [-0.15, -0.1) is 0 Å². The number of aliphatic hydroxyl groups excluding tert-OH is 1. The van der Waals surface area contributed by atoms with E-state index in [1.807, 2.05) is 18.7 Å². The second-order valence-corrected chi connectivity index (χ2v) is 4.61. The van der Waals surface area contributed by atoms with Gasteiger partial charge in [-0.2, -0.15) is 11.8 Å². The van der Waals surface area contributed by atoms with Crippen molar-refractivity contribution < 1.29 is 5.11 Å². The monoisotopic (exact) mass is 174 g/mol. The Morgan fingerprint density at radius 3 is 2.64 bits per heavy atom. The van der Waals surface area contributed by atoms with Crippen LogP contribution >= 0.6 is 11.8 Å². The van der Waals surface area contributed by atoms with E-state index in [2.05, 4.69) is 0 Å². The molecule has 66 valence electrons. The minimum Gasteiger partial charge on any atom is -0.393 e. The first-order chi connectivity index (χ1) is 5.29. The predicted octanol–water partition coefficient (Wildman–Crippen LogP) is 2.29. The molecule has 1 nitrogen and oxygen atoms in total. The highest BCUT2D eigenvalue weighted by atomic mass is 32.2. The zero-order chi connectivity index (χ0) is 8.10. The van der Waals surface area contributed by atoms with Crippen molar-refractivity contribution in [2.24, 2.45) is 5.92 Å². The highest BCUT2D eigenvalue weighted by Crippen LogP contribution is 2.27. The van der Waals surface area contributed by atoms with Crippen LogP contribution in [0.15, 0.2) is 0 Å². The first kappa shape index (κ1) is 9.40. The van der Waals surface area contributed by atoms with Gasteiger partial charge in [0.1, 0.15) is 0 Å². The van der Waals surface area contributed by atoms with Crippen molar-refractivity contribution in [2.45, 2.75) is 38.7 Å². The molecule has 1 aliphatic rings. The number of hydrogen-bond acceptors (Lipinski definition) is 2. The number of rotatable bonds is 4. The molecular formula is C9H18OS. The Bertz CT molecular complexity index is 97.7. The lowest BCUT2D eigenvalue weighted by molar-refractivity contribution is 0.220. The van der Waals surface area contributed by atoms with Crippen molar-refractivity contribution in [1.82, 2.24) is 0 Å². The van der Waals surface area contributed by atoms with Gasteiger partial charge in [-0.1, -0.05) is 12.8 Å². The predicted molar refractivity (Wildman–Crippen MR) is 51.0 cm³/mol. The van der Waals surface area contributed by atoms with Crippen LogP contribution in [-0.2, 0) is 0 Å². The lowest BCUT2D eigenvalue weighted by Gasteiger charge is -2.08. The third kappa shape index (κ3) is 4.02. The molecule has 1 fully saturated rings.